The molecule has 3 N–H and O–H groups in total. The maximum atomic E-state index is 13.1. The van der Waals surface area contributed by atoms with Crippen molar-refractivity contribution in [1.82, 2.24) is 9.97 Å². The Bertz CT molecular complexity index is 1280. The molecule has 2 heterocycles. The van der Waals surface area contributed by atoms with Crippen LogP contribution in [0.3, 0.4) is 0 Å². The minimum atomic E-state index is -4.52. The number of hydrogen-bond donors (Lipinski definition) is 2. The molecule has 0 fully saturated rings. The van der Waals surface area contributed by atoms with Gasteiger partial charge in [0.1, 0.15) is 17.6 Å². The number of alkyl halides is 3. The van der Waals surface area contributed by atoms with E-state index in [1.54, 1.807) is 18.2 Å². The first-order valence-corrected chi connectivity index (χ1v) is 8.97. The summed E-state index contributed by atoms with van der Waals surface area (Å²) in [5.41, 5.74) is 5.32. The van der Waals surface area contributed by atoms with Gasteiger partial charge in [-0.25, -0.2) is 4.98 Å². The van der Waals surface area contributed by atoms with Crippen molar-refractivity contribution in [2.45, 2.75) is 13.1 Å². The molecule has 0 radical (unpaired) electrons. The van der Waals surface area contributed by atoms with Crippen LogP contribution in [0.2, 0.25) is 0 Å². The Hall–Kier alpha value is -4.08. The highest BCUT2D eigenvalue weighted by Gasteiger charge is 2.32. The minimum absolute atomic E-state index is 0.0265. The number of nitrogens with two attached hydrogens (primary N) is 1. The van der Waals surface area contributed by atoms with Crippen LogP contribution in [0.1, 0.15) is 21.5 Å². The van der Waals surface area contributed by atoms with Crippen LogP contribution in [0.5, 0.6) is 11.6 Å². The van der Waals surface area contributed by atoms with Gasteiger partial charge in [0, 0.05) is 29.4 Å². The number of aryl methyl sites for hydroxylation is 1. The first-order valence-electron chi connectivity index (χ1n) is 8.97. The molecule has 0 bridgehead atoms. The van der Waals surface area contributed by atoms with Crippen molar-refractivity contribution < 1.29 is 27.1 Å². The smallest absolute Gasteiger partial charge is 0.416 e. The van der Waals surface area contributed by atoms with E-state index in [0.29, 0.717) is 16.7 Å². The summed E-state index contributed by atoms with van der Waals surface area (Å²) >= 11 is 0. The third kappa shape index (κ3) is 4.27. The molecular formula is C21H15F3N4O3. The Morgan fingerprint density at radius 1 is 1.16 bits per heavy atom. The van der Waals surface area contributed by atoms with Crippen LogP contribution in [0.25, 0.3) is 11.0 Å². The zero-order valence-corrected chi connectivity index (χ0v) is 16.0. The van der Waals surface area contributed by atoms with Crippen LogP contribution in [0, 0.1) is 6.92 Å². The molecule has 0 saturated carbocycles. The van der Waals surface area contributed by atoms with Crippen LogP contribution in [0.15, 0.2) is 59.3 Å². The fourth-order valence-electron chi connectivity index (χ4n) is 2.99. The highest BCUT2D eigenvalue weighted by Crippen LogP contribution is 2.34. The number of carbonyl (C=O) groups is 1. The molecule has 2 aromatic heterocycles. The molecule has 0 atom stereocenters. The number of benzene rings is 2. The molecule has 4 aromatic rings. The number of carbonyl (C=O) groups excluding carboxylic acids is 1. The van der Waals surface area contributed by atoms with E-state index in [9.17, 15) is 18.0 Å². The number of nitrogens with zero attached hydrogens (tertiary/aromatic N) is 2. The van der Waals surface area contributed by atoms with E-state index >= 15 is 0 Å². The van der Waals surface area contributed by atoms with Crippen molar-refractivity contribution in [3.05, 3.63) is 71.6 Å². The maximum Gasteiger partial charge on any atom is 0.416 e. The Kier molecular flexibility index (Phi) is 4.97. The van der Waals surface area contributed by atoms with Gasteiger partial charge in [0.15, 0.2) is 0 Å². The zero-order valence-electron chi connectivity index (χ0n) is 16.0. The molecule has 0 saturated heterocycles. The van der Waals surface area contributed by atoms with Crippen LogP contribution in [-0.2, 0) is 6.18 Å². The molecule has 158 valence electrons. The molecule has 1 amide bonds. The summed E-state index contributed by atoms with van der Waals surface area (Å²) < 4.78 is 50.3. The van der Waals surface area contributed by atoms with Gasteiger partial charge in [-0.3, -0.25) is 4.79 Å². The fourth-order valence-corrected chi connectivity index (χ4v) is 2.99. The van der Waals surface area contributed by atoms with Crippen LogP contribution >= 0.6 is 0 Å². The normalized spacial score (nSPS) is 11.5. The Labute approximate surface area is 173 Å². The van der Waals surface area contributed by atoms with E-state index < -0.39 is 17.6 Å². The quantitative estimate of drug-likeness (QED) is 0.464. The summed E-state index contributed by atoms with van der Waals surface area (Å²) in [6, 6.07) is 9.88. The Morgan fingerprint density at radius 3 is 2.71 bits per heavy atom. The second-order valence-electron chi connectivity index (χ2n) is 6.64. The number of rotatable bonds is 4. The maximum absolute atomic E-state index is 13.1. The average molecular weight is 428 g/mol. The number of nitrogens with one attached hydrogen (secondary N) is 1. The van der Waals surface area contributed by atoms with Crippen LogP contribution in [0.4, 0.5) is 24.8 Å². The van der Waals surface area contributed by atoms with E-state index in [1.165, 1.54) is 37.6 Å². The molecule has 31 heavy (non-hydrogen) atoms. The van der Waals surface area contributed by atoms with Gasteiger partial charge in [-0.1, -0.05) is 6.07 Å². The number of nitrogen functional groups attached to an aromatic ring is 1. The third-order valence-electron chi connectivity index (χ3n) is 4.46. The van der Waals surface area contributed by atoms with Crippen molar-refractivity contribution in [1.29, 1.82) is 0 Å². The van der Waals surface area contributed by atoms with Gasteiger partial charge in [0.25, 0.3) is 5.91 Å². The molecule has 7 nitrogen and oxygen atoms in total. The van der Waals surface area contributed by atoms with Crippen molar-refractivity contribution in [2.75, 3.05) is 11.1 Å². The predicted octanol–water partition coefficient (Wildman–Crippen LogP) is 5.18. The SMILES string of the molecule is Cc1ccc(NC(=O)c2coc3cc(Oc4ccnc(N)n4)ccc23)cc1C(F)(F)F. The molecule has 0 aliphatic carbocycles. The summed E-state index contributed by atoms with van der Waals surface area (Å²) in [6.45, 7) is 1.35. The summed E-state index contributed by atoms with van der Waals surface area (Å²) in [7, 11) is 0. The predicted molar refractivity (Wildman–Crippen MR) is 107 cm³/mol. The van der Waals surface area contributed by atoms with E-state index in [1.807, 2.05) is 0 Å². The van der Waals surface area contributed by atoms with Crippen molar-refractivity contribution in [3.8, 4) is 11.6 Å². The van der Waals surface area contributed by atoms with E-state index in [0.717, 1.165) is 6.07 Å². The van der Waals surface area contributed by atoms with Gasteiger partial charge in [0.2, 0.25) is 11.8 Å². The summed E-state index contributed by atoms with van der Waals surface area (Å²) in [6.07, 6.45) is -1.84. The van der Waals surface area contributed by atoms with Gasteiger partial charge in [-0.15, -0.1) is 0 Å². The number of aromatic nitrogens is 2. The standard InChI is InChI=1S/C21H15F3N4O3/c1-11-2-3-12(8-16(11)21(22,23)24)27-19(29)15-10-30-17-9-13(4-5-14(15)17)31-18-6-7-26-20(25)28-18/h2-10H,1H3,(H,27,29)(H2,25,26,28). The van der Waals surface area contributed by atoms with Gasteiger partial charge < -0.3 is 20.2 Å². The number of fused-ring (bicyclic) bond motifs is 1. The number of hydrogen-bond acceptors (Lipinski definition) is 6. The zero-order chi connectivity index (χ0) is 22.2. The molecule has 0 spiro atoms. The summed E-state index contributed by atoms with van der Waals surface area (Å²) in [4.78, 5) is 20.3. The third-order valence-corrected chi connectivity index (χ3v) is 4.46. The van der Waals surface area contributed by atoms with Crippen molar-refractivity contribution in [2.24, 2.45) is 0 Å². The first-order chi connectivity index (χ1) is 14.7. The number of halogens is 3. The van der Waals surface area contributed by atoms with Gasteiger partial charge in [-0.2, -0.15) is 18.2 Å². The largest absolute Gasteiger partial charge is 0.463 e. The Balaban J connectivity index is 1.57. The molecule has 0 aliphatic rings. The highest BCUT2D eigenvalue weighted by molar-refractivity contribution is 6.12. The fraction of sp³-hybridized carbons (Fsp3) is 0.0952. The molecular weight excluding hydrogens is 413 g/mol. The molecule has 0 unspecified atom stereocenters. The molecule has 2 aromatic carbocycles. The number of amides is 1. The summed E-state index contributed by atoms with van der Waals surface area (Å²) in [5, 5.41) is 2.94. The number of furan rings is 1. The second kappa shape index (κ2) is 7.63. The van der Waals surface area contributed by atoms with E-state index in [2.05, 4.69) is 15.3 Å². The minimum Gasteiger partial charge on any atom is -0.463 e. The molecule has 4 rings (SSSR count). The highest BCUT2D eigenvalue weighted by atomic mass is 19.4. The lowest BCUT2D eigenvalue weighted by Gasteiger charge is -2.12. The van der Waals surface area contributed by atoms with Crippen molar-refractivity contribution in [3.63, 3.8) is 0 Å². The van der Waals surface area contributed by atoms with Crippen LogP contribution in [-0.4, -0.2) is 15.9 Å². The van der Waals surface area contributed by atoms with Gasteiger partial charge >= 0.3 is 6.18 Å². The van der Waals surface area contributed by atoms with E-state index in [-0.39, 0.29) is 28.6 Å². The Morgan fingerprint density at radius 2 is 1.97 bits per heavy atom. The lowest BCUT2D eigenvalue weighted by molar-refractivity contribution is -0.138. The second-order valence-corrected chi connectivity index (χ2v) is 6.64. The average Bonchev–Trinajstić information content (AvgIpc) is 3.12. The lowest BCUT2D eigenvalue weighted by Crippen LogP contribution is -2.13. The lowest BCUT2D eigenvalue weighted by atomic mass is 10.1. The topological polar surface area (TPSA) is 103 Å². The number of ether oxygens (including phenoxy) is 1. The van der Waals surface area contributed by atoms with E-state index in [4.69, 9.17) is 14.9 Å². The first kappa shape index (κ1) is 20.2. The molecule has 0 aliphatic heterocycles. The monoisotopic (exact) mass is 428 g/mol. The number of anilines is 2. The van der Waals surface area contributed by atoms with Gasteiger partial charge in [-0.05, 0) is 36.8 Å². The van der Waals surface area contributed by atoms with Crippen LogP contribution < -0.4 is 15.8 Å². The molecule has 10 heteroatoms. The van der Waals surface area contributed by atoms with Crippen molar-refractivity contribution >= 4 is 28.5 Å². The summed E-state index contributed by atoms with van der Waals surface area (Å²) in [5.74, 6) is 0.0739. The van der Waals surface area contributed by atoms with Gasteiger partial charge in [0.05, 0.1) is 11.1 Å².